The van der Waals surface area contributed by atoms with Crippen LogP contribution in [-0.2, 0) is 4.79 Å². The van der Waals surface area contributed by atoms with Crippen LogP contribution in [-0.4, -0.2) is 47.7 Å². The normalized spacial score (nSPS) is 27.2. The Hall–Kier alpha value is -0.610. The van der Waals surface area contributed by atoms with Crippen molar-refractivity contribution in [2.75, 3.05) is 19.6 Å². The van der Waals surface area contributed by atoms with Gasteiger partial charge in [-0.3, -0.25) is 9.69 Å². The number of aliphatic carboxylic acids is 1. The molecule has 4 heteroatoms. The fourth-order valence-electron chi connectivity index (χ4n) is 2.20. The van der Waals surface area contributed by atoms with Crippen LogP contribution in [0, 0.1) is 5.41 Å². The molecule has 0 aromatic rings. The Balaban J connectivity index is 1.72. The van der Waals surface area contributed by atoms with E-state index in [1.165, 1.54) is 19.4 Å². The van der Waals surface area contributed by atoms with Gasteiger partial charge in [0.05, 0.1) is 5.41 Å². The fourth-order valence-corrected chi connectivity index (χ4v) is 2.20. The molecule has 1 atom stereocenters. The van der Waals surface area contributed by atoms with Crippen molar-refractivity contribution in [1.82, 2.24) is 10.2 Å². The number of nitrogens with one attached hydrogen (secondary N) is 1. The van der Waals surface area contributed by atoms with Gasteiger partial charge >= 0.3 is 5.97 Å². The van der Waals surface area contributed by atoms with Crippen LogP contribution < -0.4 is 5.32 Å². The molecule has 0 spiro atoms. The smallest absolute Gasteiger partial charge is 0.310 e. The molecule has 0 radical (unpaired) electrons. The Bertz CT molecular complexity index is 274. The first-order valence-electron chi connectivity index (χ1n) is 6.20. The SMILES string of the molecule is CC(C)(CNC1CCN(C2CC2)C1)C(=O)O. The predicted octanol–water partition coefficient (Wildman–Crippen LogP) is 0.923. The van der Waals surface area contributed by atoms with E-state index in [1.54, 1.807) is 13.8 Å². The Morgan fingerprint density at radius 2 is 2.12 bits per heavy atom. The number of carboxylic acids is 1. The molecule has 2 N–H and O–H groups in total. The molecule has 0 aromatic carbocycles. The molecule has 1 saturated heterocycles. The molecule has 1 aliphatic heterocycles. The summed E-state index contributed by atoms with van der Waals surface area (Å²) in [5, 5.41) is 12.4. The number of rotatable bonds is 5. The molecule has 1 saturated carbocycles. The highest BCUT2D eigenvalue weighted by molar-refractivity contribution is 5.73. The molecule has 1 unspecified atom stereocenters. The first-order valence-corrected chi connectivity index (χ1v) is 6.20. The van der Waals surface area contributed by atoms with E-state index in [2.05, 4.69) is 10.2 Å². The van der Waals surface area contributed by atoms with Crippen molar-refractivity contribution < 1.29 is 9.90 Å². The minimum Gasteiger partial charge on any atom is -0.481 e. The Kier molecular flexibility index (Phi) is 3.22. The molecule has 92 valence electrons. The number of carboxylic acid groups (broad SMARTS) is 1. The average Bonchev–Trinajstić information content (AvgIpc) is 2.95. The summed E-state index contributed by atoms with van der Waals surface area (Å²) in [6, 6.07) is 1.32. The maximum atomic E-state index is 11.0. The lowest BCUT2D eigenvalue weighted by Crippen LogP contribution is -2.42. The number of nitrogens with zero attached hydrogens (tertiary/aromatic N) is 1. The lowest BCUT2D eigenvalue weighted by molar-refractivity contribution is -0.146. The summed E-state index contributed by atoms with van der Waals surface area (Å²) in [7, 11) is 0. The van der Waals surface area contributed by atoms with Crippen LogP contribution in [0.15, 0.2) is 0 Å². The van der Waals surface area contributed by atoms with Crippen molar-refractivity contribution in [3.05, 3.63) is 0 Å². The zero-order chi connectivity index (χ0) is 11.8. The van der Waals surface area contributed by atoms with Crippen LogP contribution in [0.1, 0.15) is 33.1 Å². The van der Waals surface area contributed by atoms with E-state index >= 15 is 0 Å². The monoisotopic (exact) mass is 226 g/mol. The minimum absolute atomic E-state index is 0.485. The van der Waals surface area contributed by atoms with Gasteiger partial charge < -0.3 is 10.4 Å². The van der Waals surface area contributed by atoms with Crippen molar-refractivity contribution in [3.63, 3.8) is 0 Å². The molecule has 1 heterocycles. The summed E-state index contributed by atoms with van der Waals surface area (Å²) in [6.45, 7) is 6.38. The van der Waals surface area contributed by atoms with E-state index < -0.39 is 11.4 Å². The van der Waals surface area contributed by atoms with Crippen LogP contribution in [0.5, 0.6) is 0 Å². The molecule has 0 amide bonds. The van der Waals surface area contributed by atoms with Gasteiger partial charge in [-0.1, -0.05) is 0 Å². The Morgan fingerprint density at radius 3 is 2.69 bits per heavy atom. The van der Waals surface area contributed by atoms with Crippen molar-refractivity contribution in [2.45, 2.75) is 45.2 Å². The van der Waals surface area contributed by atoms with Crippen LogP contribution in [0.25, 0.3) is 0 Å². The summed E-state index contributed by atoms with van der Waals surface area (Å²) in [5.41, 5.74) is -0.660. The van der Waals surface area contributed by atoms with E-state index in [9.17, 15) is 4.79 Å². The number of carbonyl (C=O) groups is 1. The topological polar surface area (TPSA) is 52.6 Å². The van der Waals surface area contributed by atoms with Crippen molar-refractivity contribution in [1.29, 1.82) is 0 Å². The van der Waals surface area contributed by atoms with Crippen LogP contribution in [0.3, 0.4) is 0 Å². The van der Waals surface area contributed by atoms with E-state index in [-0.39, 0.29) is 0 Å². The zero-order valence-electron chi connectivity index (χ0n) is 10.2. The summed E-state index contributed by atoms with van der Waals surface area (Å²) >= 11 is 0. The molecule has 16 heavy (non-hydrogen) atoms. The van der Waals surface area contributed by atoms with Gasteiger partial charge in [-0.15, -0.1) is 0 Å². The summed E-state index contributed by atoms with van der Waals surface area (Å²) in [5.74, 6) is -0.725. The largest absolute Gasteiger partial charge is 0.481 e. The number of hydrogen-bond acceptors (Lipinski definition) is 3. The second-order valence-electron chi connectivity index (χ2n) is 5.78. The van der Waals surface area contributed by atoms with Crippen LogP contribution in [0.2, 0.25) is 0 Å². The van der Waals surface area contributed by atoms with Gasteiger partial charge in [0, 0.05) is 31.7 Å². The third kappa shape index (κ3) is 2.74. The first-order chi connectivity index (χ1) is 7.49. The van der Waals surface area contributed by atoms with Crippen molar-refractivity contribution in [3.8, 4) is 0 Å². The highest BCUT2D eigenvalue weighted by atomic mass is 16.4. The van der Waals surface area contributed by atoms with Crippen LogP contribution >= 0.6 is 0 Å². The highest BCUT2D eigenvalue weighted by Gasteiger charge is 2.35. The standard InChI is InChI=1S/C12H22N2O2/c1-12(2,11(15)16)8-13-9-5-6-14(7-9)10-3-4-10/h9-10,13H,3-8H2,1-2H3,(H,15,16). The van der Waals surface area contributed by atoms with Gasteiger partial charge in [-0.25, -0.2) is 0 Å². The molecular weight excluding hydrogens is 204 g/mol. The quantitative estimate of drug-likeness (QED) is 0.732. The van der Waals surface area contributed by atoms with Gasteiger partial charge in [0.1, 0.15) is 0 Å². The van der Waals surface area contributed by atoms with E-state index in [4.69, 9.17) is 5.11 Å². The first kappa shape index (κ1) is 11.9. The maximum Gasteiger partial charge on any atom is 0.310 e. The predicted molar refractivity (Wildman–Crippen MR) is 62.4 cm³/mol. The summed E-state index contributed by atoms with van der Waals surface area (Å²) < 4.78 is 0. The van der Waals surface area contributed by atoms with Crippen molar-refractivity contribution >= 4 is 5.97 Å². The lowest BCUT2D eigenvalue weighted by Gasteiger charge is -2.23. The summed E-state index contributed by atoms with van der Waals surface area (Å²) in [4.78, 5) is 13.5. The van der Waals surface area contributed by atoms with Crippen LogP contribution in [0.4, 0.5) is 0 Å². The molecule has 0 bridgehead atoms. The summed E-state index contributed by atoms with van der Waals surface area (Å²) in [6.07, 6.45) is 3.87. The van der Waals surface area contributed by atoms with Gasteiger partial charge in [0.25, 0.3) is 0 Å². The second kappa shape index (κ2) is 4.34. The molecule has 1 aliphatic carbocycles. The number of likely N-dealkylation sites (tertiary alicyclic amines) is 1. The Morgan fingerprint density at radius 1 is 1.44 bits per heavy atom. The Labute approximate surface area is 97.0 Å². The molecular formula is C12H22N2O2. The van der Waals surface area contributed by atoms with E-state index in [1.807, 2.05) is 0 Å². The molecule has 2 rings (SSSR count). The maximum absolute atomic E-state index is 11.0. The van der Waals surface area contributed by atoms with Gasteiger partial charge in [0.2, 0.25) is 0 Å². The zero-order valence-corrected chi connectivity index (χ0v) is 10.2. The highest BCUT2D eigenvalue weighted by Crippen LogP contribution is 2.29. The minimum atomic E-state index is -0.725. The van der Waals surface area contributed by atoms with E-state index in [0.717, 1.165) is 19.0 Å². The fraction of sp³-hybridized carbons (Fsp3) is 0.917. The number of hydrogen-bond donors (Lipinski definition) is 2. The second-order valence-corrected chi connectivity index (χ2v) is 5.78. The van der Waals surface area contributed by atoms with Gasteiger partial charge in [0.15, 0.2) is 0 Å². The molecule has 2 aliphatic rings. The van der Waals surface area contributed by atoms with Gasteiger partial charge in [-0.05, 0) is 33.1 Å². The molecule has 4 nitrogen and oxygen atoms in total. The third-order valence-electron chi connectivity index (χ3n) is 3.69. The van der Waals surface area contributed by atoms with Crippen molar-refractivity contribution in [2.24, 2.45) is 5.41 Å². The molecule has 0 aromatic heterocycles. The van der Waals surface area contributed by atoms with Gasteiger partial charge in [-0.2, -0.15) is 0 Å². The van der Waals surface area contributed by atoms with E-state index in [0.29, 0.717) is 12.6 Å². The lowest BCUT2D eigenvalue weighted by atomic mass is 9.93. The molecule has 2 fully saturated rings. The average molecular weight is 226 g/mol. The third-order valence-corrected chi connectivity index (χ3v) is 3.69.